The molecule has 27 heavy (non-hydrogen) atoms. The van der Waals surface area contributed by atoms with E-state index in [0.29, 0.717) is 5.75 Å². The van der Waals surface area contributed by atoms with Gasteiger partial charge in [0.1, 0.15) is 5.75 Å². The molecule has 0 N–H and O–H groups in total. The molecule has 11 heteroatoms. The van der Waals surface area contributed by atoms with Gasteiger partial charge in [-0.2, -0.15) is 0 Å². The second kappa shape index (κ2) is 6.82. The Balaban J connectivity index is 2.13. The minimum atomic E-state index is -4.37. The van der Waals surface area contributed by atoms with Gasteiger partial charge in [-0.1, -0.05) is 12.1 Å². The van der Waals surface area contributed by atoms with Gasteiger partial charge in [0.05, 0.1) is 35.3 Å². The normalized spacial score (nSPS) is 16.3. The van der Waals surface area contributed by atoms with Gasteiger partial charge in [0, 0.05) is 6.07 Å². The number of rotatable bonds is 6. The van der Waals surface area contributed by atoms with Crippen molar-refractivity contribution in [2.75, 3.05) is 22.9 Å². The highest BCUT2D eigenvalue weighted by Crippen LogP contribution is 2.35. The SMILES string of the molecule is COc1ccc(N(C2CS(=O)(=O)C2)S(=O)(=O)c2ccccc2[N+](=O)[O-])cc1. The molecule has 0 aliphatic carbocycles. The maximum absolute atomic E-state index is 13.3. The van der Waals surface area contributed by atoms with E-state index in [4.69, 9.17) is 4.74 Å². The molecule has 1 saturated heterocycles. The van der Waals surface area contributed by atoms with E-state index in [1.807, 2.05) is 0 Å². The number of ether oxygens (including phenoxy) is 1. The van der Waals surface area contributed by atoms with Gasteiger partial charge >= 0.3 is 0 Å². The molecule has 3 rings (SSSR count). The lowest BCUT2D eigenvalue weighted by Gasteiger charge is -2.37. The molecular formula is C16H16N2O7S2. The number of hydrogen-bond donors (Lipinski definition) is 0. The van der Waals surface area contributed by atoms with Crippen LogP contribution < -0.4 is 9.04 Å². The van der Waals surface area contributed by atoms with E-state index in [-0.39, 0.29) is 17.2 Å². The van der Waals surface area contributed by atoms with Crippen molar-refractivity contribution in [1.29, 1.82) is 0 Å². The molecule has 0 aromatic heterocycles. The van der Waals surface area contributed by atoms with Crippen LogP contribution in [0.5, 0.6) is 5.75 Å². The third-order valence-electron chi connectivity index (χ3n) is 4.15. The molecule has 1 heterocycles. The lowest BCUT2D eigenvalue weighted by atomic mass is 10.2. The molecule has 0 bridgehead atoms. The summed E-state index contributed by atoms with van der Waals surface area (Å²) in [5.41, 5.74) is -0.368. The van der Waals surface area contributed by atoms with E-state index in [9.17, 15) is 26.9 Å². The summed E-state index contributed by atoms with van der Waals surface area (Å²) in [5.74, 6) is -0.208. The first-order chi connectivity index (χ1) is 12.7. The maximum atomic E-state index is 13.3. The van der Waals surface area contributed by atoms with Crippen LogP contribution in [0.1, 0.15) is 0 Å². The molecule has 2 aromatic rings. The van der Waals surface area contributed by atoms with Crippen molar-refractivity contribution in [2.45, 2.75) is 10.9 Å². The van der Waals surface area contributed by atoms with E-state index >= 15 is 0 Å². The summed E-state index contributed by atoms with van der Waals surface area (Å²) in [6.07, 6.45) is 0. The Morgan fingerprint density at radius 3 is 2.22 bits per heavy atom. The Labute approximate surface area is 156 Å². The third-order valence-corrected chi connectivity index (χ3v) is 7.86. The molecule has 144 valence electrons. The number of methoxy groups -OCH3 is 1. The highest BCUT2D eigenvalue weighted by molar-refractivity contribution is 7.94. The van der Waals surface area contributed by atoms with Gasteiger partial charge in [-0.3, -0.25) is 14.4 Å². The zero-order chi connectivity index (χ0) is 19.8. The number of para-hydroxylation sites is 1. The van der Waals surface area contributed by atoms with Crippen molar-refractivity contribution in [1.82, 2.24) is 0 Å². The number of nitrogens with zero attached hydrogens (tertiary/aromatic N) is 2. The molecule has 0 amide bonds. The topological polar surface area (TPSA) is 124 Å². The van der Waals surface area contributed by atoms with Crippen molar-refractivity contribution in [3.63, 3.8) is 0 Å². The van der Waals surface area contributed by atoms with Crippen LogP contribution in [0.25, 0.3) is 0 Å². The van der Waals surface area contributed by atoms with Crippen molar-refractivity contribution < 1.29 is 26.5 Å². The molecule has 1 fully saturated rings. The standard InChI is InChI=1S/C16H16N2O7S2/c1-25-14-8-6-12(7-9-14)17(13-10-26(21,22)11-13)27(23,24)16-5-3-2-4-15(16)18(19)20/h2-9,13H,10-11H2,1H3. The van der Waals surface area contributed by atoms with Crippen LogP contribution in [0.15, 0.2) is 53.4 Å². The molecule has 9 nitrogen and oxygen atoms in total. The number of sulfone groups is 1. The quantitative estimate of drug-likeness (QED) is 0.521. The third kappa shape index (κ3) is 3.60. The lowest BCUT2D eigenvalue weighted by molar-refractivity contribution is -0.387. The monoisotopic (exact) mass is 412 g/mol. The summed E-state index contributed by atoms with van der Waals surface area (Å²) in [4.78, 5) is 10.0. The van der Waals surface area contributed by atoms with E-state index in [1.165, 1.54) is 43.5 Å². The van der Waals surface area contributed by atoms with Crippen molar-refractivity contribution >= 4 is 31.2 Å². The van der Waals surface area contributed by atoms with E-state index in [2.05, 4.69) is 0 Å². The smallest absolute Gasteiger partial charge is 0.289 e. The molecule has 0 atom stereocenters. The molecular weight excluding hydrogens is 396 g/mol. The van der Waals surface area contributed by atoms with Crippen LogP contribution >= 0.6 is 0 Å². The van der Waals surface area contributed by atoms with E-state index in [1.54, 1.807) is 0 Å². The molecule has 1 aliphatic rings. The summed E-state index contributed by atoms with van der Waals surface area (Å²) in [6.45, 7) is 0. The Hall–Kier alpha value is -2.66. The molecule has 0 unspecified atom stereocenters. The summed E-state index contributed by atoms with van der Waals surface area (Å²) >= 11 is 0. The number of sulfonamides is 1. The predicted molar refractivity (Wildman–Crippen MR) is 98.2 cm³/mol. The fourth-order valence-electron chi connectivity index (χ4n) is 2.88. The molecule has 0 spiro atoms. The van der Waals surface area contributed by atoms with Crippen LogP contribution in [0, 0.1) is 10.1 Å². The molecule has 0 saturated carbocycles. The zero-order valence-corrected chi connectivity index (χ0v) is 15.8. The number of hydrogen-bond acceptors (Lipinski definition) is 7. The highest BCUT2D eigenvalue weighted by atomic mass is 32.2. The molecule has 0 radical (unpaired) electrons. The van der Waals surface area contributed by atoms with Crippen LogP contribution in [0.2, 0.25) is 0 Å². The Morgan fingerprint density at radius 1 is 1.11 bits per heavy atom. The average molecular weight is 412 g/mol. The first kappa shape index (κ1) is 19.1. The van der Waals surface area contributed by atoms with Gasteiger partial charge < -0.3 is 4.74 Å². The largest absolute Gasteiger partial charge is 0.497 e. The van der Waals surface area contributed by atoms with E-state index < -0.39 is 41.4 Å². The van der Waals surface area contributed by atoms with Gasteiger partial charge in [0.15, 0.2) is 14.7 Å². The van der Waals surface area contributed by atoms with Crippen molar-refractivity contribution in [3.05, 3.63) is 58.6 Å². The average Bonchev–Trinajstić information content (AvgIpc) is 2.60. The van der Waals surface area contributed by atoms with Crippen LogP contribution in [0.4, 0.5) is 11.4 Å². The fourth-order valence-corrected chi connectivity index (χ4v) is 6.25. The van der Waals surface area contributed by atoms with Crippen LogP contribution in [0.3, 0.4) is 0 Å². The van der Waals surface area contributed by atoms with Crippen molar-refractivity contribution in [3.8, 4) is 5.75 Å². The first-order valence-electron chi connectivity index (χ1n) is 7.78. The second-order valence-electron chi connectivity index (χ2n) is 5.95. The highest BCUT2D eigenvalue weighted by Gasteiger charge is 2.45. The van der Waals surface area contributed by atoms with Gasteiger partial charge in [-0.05, 0) is 30.3 Å². The van der Waals surface area contributed by atoms with Gasteiger partial charge in [-0.25, -0.2) is 16.8 Å². The number of nitro groups is 1. The number of benzene rings is 2. The van der Waals surface area contributed by atoms with Gasteiger partial charge in [0.2, 0.25) is 0 Å². The summed E-state index contributed by atoms with van der Waals surface area (Å²) < 4.78 is 55.7. The molecule has 1 aliphatic heterocycles. The van der Waals surface area contributed by atoms with Crippen LogP contribution in [-0.4, -0.2) is 46.4 Å². The number of anilines is 1. The Kier molecular flexibility index (Phi) is 4.82. The summed E-state index contributed by atoms with van der Waals surface area (Å²) in [7, 11) is -6.25. The van der Waals surface area contributed by atoms with Gasteiger partial charge in [-0.15, -0.1) is 0 Å². The Bertz CT molecular complexity index is 1070. The molecule has 2 aromatic carbocycles. The first-order valence-corrected chi connectivity index (χ1v) is 11.0. The summed E-state index contributed by atoms with van der Waals surface area (Å²) in [5, 5.41) is 11.3. The minimum Gasteiger partial charge on any atom is -0.497 e. The minimum absolute atomic E-state index is 0.203. The number of nitro benzene ring substituents is 1. The van der Waals surface area contributed by atoms with Crippen molar-refractivity contribution in [2.24, 2.45) is 0 Å². The van der Waals surface area contributed by atoms with Gasteiger partial charge in [0.25, 0.3) is 15.7 Å². The van der Waals surface area contributed by atoms with Crippen LogP contribution in [-0.2, 0) is 19.9 Å². The zero-order valence-electron chi connectivity index (χ0n) is 14.2. The predicted octanol–water partition coefficient (Wildman–Crippen LogP) is 1.60. The maximum Gasteiger partial charge on any atom is 0.289 e. The summed E-state index contributed by atoms with van der Waals surface area (Å²) in [6, 6.07) is 10.1. The Morgan fingerprint density at radius 2 is 1.70 bits per heavy atom. The lowest BCUT2D eigenvalue weighted by Crippen LogP contribution is -2.55. The fraction of sp³-hybridized carbons (Fsp3) is 0.250. The van der Waals surface area contributed by atoms with E-state index in [0.717, 1.165) is 16.4 Å². The second-order valence-corrected chi connectivity index (χ2v) is 9.89.